The van der Waals surface area contributed by atoms with Gasteiger partial charge in [-0.15, -0.1) is 0 Å². The standard InChI is InChI=1S/C14H21F3N4/c1-8(13(2,3)4)21(5)12-9(11(18)19)6-7-10(20-12)14(15,16)17/h6-8H,1-5H3,(H3,18,19). The molecule has 4 nitrogen and oxygen atoms in total. The number of anilines is 1. The summed E-state index contributed by atoms with van der Waals surface area (Å²) in [6.45, 7) is 7.84. The molecule has 0 aliphatic rings. The number of rotatable bonds is 3. The summed E-state index contributed by atoms with van der Waals surface area (Å²) in [4.78, 5) is 5.31. The number of pyridine rings is 1. The Morgan fingerprint density at radius 1 is 1.29 bits per heavy atom. The lowest BCUT2D eigenvalue weighted by molar-refractivity contribution is -0.141. The zero-order chi connectivity index (χ0) is 16.6. The lowest BCUT2D eigenvalue weighted by atomic mass is 9.87. The highest BCUT2D eigenvalue weighted by Crippen LogP contribution is 2.32. The van der Waals surface area contributed by atoms with E-state index in [1.165, 1.54) is 6.07 Å². The maximum Gasteiger partial charge on any atom is 0.433 e. The van der Waals surface area contributed by atoms with Crippen LogP contribution in [0.1, 0.15) is 39.0 Å². The summed E-state index contributed by atoms with van der Waals surface area (Å²) < 4.78 is 38.5. The van der Waals surface area contributed by atoms with Gasteiger partial charge in [-0.3, -0.25) is 5.41 Å². The van der Waals surface area contributed by atoms with Crippen molar-refractivity contribution in [3.05, 3.63) is 23.4 Å². The molecule has 1 heterocycles. The van der Waals surface area contributed by atoms with E-state index < -0.39 is 11.9 Å². The van der Waals surface area contributed by atoms with Crippen molar-refractivity contribution in [2.75, 3.05) is 11.9 Å². The van der Waals surface area contributed by atoms with E-state index in [1.807, 2.05) is 27.7 Å². The summed E-state index contributed by atoms with van der Waals surface area (Å²) in [5, 5.41) is 7.52. The van der Waals surface area contributed by atoms with Crippen LogP contribution in [0.5, 0.6) is 0 Å². The smallest absolute Gasteiger partial charge is 0.384 e. The van der Waals surface area contributed by atoms with Gasteiger partial charge >= 0.3 is 6.18 Å². The number of nitrogens with one attached hydrogen (secondary N) is 1. The van der Waals surface area contributed by atoms with Gasteiger partial charge in [0, 0.05) is 13.1 Å². The van der Waals surface area contributed by atoms with Crippen molar-refractivity contribution in [3.63, 3.8) is 0 Å². The van der Waals surface area contributed by atoms with Gasteiger partial charge in [-0.2, -0.15) is 13.2 Å². The number of nitrogens with two attached hydrogens (primary N) is 1. The van der Waals surface area contributed by atoms with E-state index in [4.69, 9.17) is 11.1 Å². The number of nitrogens with zero attached hydrogens (tertiary/aromatic N) is 2. The van der Waals surface area contributed by atoms with Crippen LogP contribution >= 0.6 is 0 Å². The second kappa shape index (κ2) is 5.54. The number of aromatic nitrogens is 1. The molecule has 1 aromatic heterocycles. The van der Waals surface area contributed by atoms with E-state index in [0.717, 1.165) is 6.07 Å². The Morgan fingerprint density at radius 2 is 1.81 bits per heavy atom. The number of hydrogen-bond acceptors (Lipinski definition) is 3. The van der Waals surface area contributed by atoms with E-state index in [-0.39, 0.29) is 28.7 Å². The van der Waals surface area contributed by atoms with Crippen LogP contribution in [-0.2, 0) is 6.18 Å². The second-order valence-electron chi connectivity index (χ2n) is 6.13. The van der Waals surface area contributed by atoms with E-state index in [9.17, 15) is 13.2 Å². The minimum atomic E-state index is -4.53. The Balaban J connectivity index is 3.40. The first-order valence-electron chi connectivity index (χ1n) is 6.51. The SMILES string of the molecule is CC(N(C)c1nc(C(F)(F)F)ccc1C(=N)N)C(C)(C)C. The normalized spacial score (nSPS) is 13.9. The van der Waals surface area contributed by atoms with Gasteiger partial charge in [0.15, 0.2) is 0 Å². The molecular weight excluding hydrogens is 281 g/mol. The minimum absolute atomic E-state index is 0.0692. The summed E-state index contributed by atoms with van der Waals surface area (Å²) in [6, 6.07) is 1.95. The predicted octanol–water partition coefficient (Wildman–Crippen LogP) is 3.26. The van der Waals surface area contributed by atoms with Gasteiger partial charge in [-0.1, -0.05) is 20.8 Å². The maximum absolute atomic E-state index is 12.8. The number of hydrogen-bond donors (Lipinski definition) is 2. The molecule has 118 valence electrons. The van der Waals surface area contributed by atoms with Gasteiger partial charge < -0.3 is 10.6 Å². The van der Waals surface area contributed by atoms with Crippen molar-refractivity contribution in [2.24, 2.45) is 11.1 Å². The van der Waals surface area contributed by atoms with Crippen LogP contribution < -0.4 is 10.6 Å². The van der Waals surface area contributed by atoms with Gasteiger partial charge in [0.25, 0.3) is 0 Å². The van der Waals surface area contributed by atoms with Crippen LogP contribution in [0.4, 0.5) is 19.0 Å². The van der Waals surface area contributed by atoms with Crippen LogP contribution in [0.15, 0.2) is 12.1 Å². The zero-order valence-corrected chi connectivity index (χ0v) is 12.8. The molecular formula is C14H21F3N4. The number of alkyl halides is 3. The molecule has 0 radical (unpaired) electrons. The average molecular weight is 302 g/mol. The molecule has 0 fully saturated rings. The molecule has 1 rings (SSSR count). The predicted molar refractivity (Wildman–Crippen MR) is 77.6 cm³/mol. The van der Waals surface area contributed by atoms with Crippen LogP contribution in [-0.4, -0.2) is 23.9 Å². The molecule has 1 aromatic rings. The van der Waals surface area contributed by atoms with E-state index in [0.29, 0.717) is 0 Å². The fourth-order valence-electron chi connectivity index (χ4n) is 1.85. The summed E-state index contributed by atoms with van der Waals surface area (Å²) in [7, 11) is 1.66. The molecule has 1 atom stereocenters. The van der Waals surface area contributed by atoms with Crippen molar-refractivity contribution < 1.29 is 13.2 Å². The third kappa shape index (κ3) is 3.86. The van der Waals surface area contributed by atoms with Gasteiger partial charge in [0.05, 0.1) is 5.56 Å². The van der Waals surface area contributed by atoms with Gasteiger partial charge in [-0.05, 0) is 24.5 Å². The Morgan fingerprint density at radius 3 is 2.19 bits per heavy atom. The Bertz CT molecular complexity index is 532. The molecule has 0 aliphatic heterocycles. The molecule has 21 heavy (non-hydrogen) atoms. The highest BCUT2D eigenvalue weighted by Gasteiger charge is 2.34. The summed E-state index contributed by atoms with van der Waals surface area (Å²) >= 11 is 0. The molecule has 0 aliphatic carbocycles. The van der Waals surface area contributed by atoms with Crippen LogP contribution in [0.25, 0.3) is 0 Å². The van der Waals surface area contributed by atoms with Crippen molar-refractivity contribution in [3.8, 4) is 0 Å². The topological polar surface area (TPSA) is 66.0 Å². The van der Waals surface area contributed by atoms with Gasteiger partial charge in [-0.25, -0.2) is 4.98 Å². The first-order chi connectivity index (χ1) is 9.35. The molecule has 0 bridgehead atoms. The zero-order valence-electron chi connectivity index (χ0n) is 12.8. The summed E-state index contributed by atoms with van der Waals surface area (Å²) in [5.41, 5.74) is 4.49. The highest BCUT2D eigenvalue weighted by molar-refractivity contribution is 5.99. The molecule has 0 saturated heterocycles. The van der Waals surface area contributed by atoms with E-state index >= 15 is 0 Å². The third-order valence-corrected chi connectivity index (χ3v) is 3.62. The van der Waals surface area contributed by atoms with Crippen LogP contribution in [0.3, 0.4) is 0 Å². The fourth-order valence-corrected chi connectivity index (χ4v) is 1.85. The van der Waals surface area contributed by atoms with Crippen molar-refractivity contribution in [1.29, 1.82) is 5.41 Å². The molecule has 1 unspecified atom stereocenters. The molecule has 3 N–H and O–H groups in total. The number of halogens is 3. The molecule has 0 aromatic carbocycles. The quantitative estimate of drug-likeness (QED) is 0.665. The van der Waals surface area contributed by atoms with Gasteiger partial charge in [0.1, 0.15) is 17.3 Å². The first-order valence-corrected chi connectivity index (χ1v) is 6.51. The summed E-state index contributed by atoms with van der Waals surface area (Å²) in [5.74, 6) is -0.237. The summed E-state index contributed by atoms with van der Waals surface area (Å²) in [6.07, 6.45) is -4.53. The van der Waals surface area contributed by atoms with Crippen molar-refractivity contribution >= 4 is 11.7 Å². The number of amidine groups is 1. The fraction of sp³-hybridized carbons (Fsp3) is 0.571. The molecule has 7 heteroatoms. The minimum Gasteiger partial charge on any atom is -0.384 e. The number of nitrogen functional groups attached to an aromatic ring is 1. The van der Waals surface area contributed by atoms with E-state index in [2.05, 4.69) is 4.98 Å². The van der Waals surface area contributed by atoms with Crippen LogP contribution in [0, 0.1) is 10.8 Å². The highest BCUT2D eigenvalue weighted by atomic mass is 19.4. The maximum atomic E-state index is 12.8. The Labute approximate surface area is 122 Å². The van der Waals surface area contributed by atoms with Crippen molar-refractivity contribution in [1.82, 2.24) is 4.98 Å². The van der Waals surface area contributed by atoms with Crippen LogP contribution in [0.2, 0.25) is 0 Å². The average Bonchev–Trinajstić information content (AvgIpc) is 2.33. The van der Waals surface area contributed by atoms with Crippen molar-refractivity contribution in [2.45, 2.75) is 39.9 Å². The first kappa shape index (κ1) is 17.3. The molecule has 0 amide bonds. The lowest BCUT2D eigenvalue weighted by Gasteiger charge is -2.37. The molecule has 0 spiro atoms. The second-order valence-corrected chi connectivity index (χ2v) is 6.13. The third-order valence-electron chi connectivity index (χ3n) is 3.62. The Hall–Kier alpha value is -1.79. The monoisotopic (exact) mass is 302 g/mol. The van der Waals surface area contributed by atoms with E-state index in [1.54, 1.807) is 11.9 Å². The largest absolute Gasteiger partial charge is 0.433 e. The Kier molecular flexibility index (Phi) is 4.55. The molecule has 0 saturated carbocycles. The lowest BCUT2D eigenvalue weighted by Crippen LogP contribution is -2.41. The van der Waals surface area contributed by atoms with Gasteiger partial charge in [0.2, 0.25) is 0 Å².